The van der Waals surface area contributed by atoms with E-state index in [0.29, 0.717) is 11.5 Å². The average Bonchev–Trinajstić information content (AvgIpc) is 3.30. The molecule has 2 fully saturated rings. The van der Waals surface area contributed by atoms with Gasteiger partial charge in [-0.25, -0.2) is 0 Å². The van der Waals surface area contributed by atoms with Gasteiger partial charge in [-0.15, -0.1) is 0 Å². The Bertz CT molecular complexity index is 854. The Balaban J connectivity index is 1.48. The van der Waals surface area contributed by atoms with Crippen LogP contribution in [0.2, 0.25) is 0 Å². The SMILES string of the molecule is COc1ccc(C2(C(=O)N3CCN(Cc4ccccc4)CC3)CCCC2)cc1OC. The fourth-order valence-electron chi connectivity index (χ4n) is 4.99. The molecule has 2 aliphatic rings. The minimum atomic E-state index is -0.429. The zero-order valence-corrected chi connectivity index (χ0v) is 18.1. The number of hydrogen-bond donors (Lipinski definition) is 0. The number of rotatable bonds is 6. The summed E-state index contributed by atoms with van der Waals surface area (Å²) in [6, 6.07) is 16.5. The van der Waals surface area contributed by atoms with E-state index in [1.807, 2.05) is 12.1 Å². The van der Waals surface area contributed by atoms with E-state index in [1.165, 1.54) is 5.56 Å². The third kappa shape index (κ3) is 4.04. The molecule has 0 aromatic heterocycles. The Morgan fingerprint density at radius 3 is 2.20 bits per heavy atom. The second-order valence-corrected chi connectivity index (χ2v) is 8.41. The van der Waals surface area contributed by atoms with E-state index >= 15 is 0 Å². The number of benzene rings is 2. The van der Waals surface area contributed by atoms with Crippen molar-refractivity contribution in [3.63, 3.8) is 0 Å². The number of nitrogens with zero attached hydrogens (tertiary/aromatic N) is 2. The predicted molar refractivity (Wildman–Crippen MR) is 118 cm³/mol. The van der Waals surface area contributed by atoms with Gasteiger partial charge in [0, 0.05) is 32.7 Å². The maximum absolute atomic E-state index is 13.8. The van der Waals surface area contributed by atoms with Crippen molar-refractivity contribution in [3.8, 4) is 11.5 Å². The number of methoxy groups -OCH3 is 2. The maximum Gasteiger partial charge on any atom is 0.233 e. The normalized spacial score (nSPS) is 18.9. The van der Waals surface area contributed by atoms with Gasteiger partial charge in [0.15, 0.2) is 11.5 Å². The lowest BCUT2D eigenvalue weighted by Crippen LogP contribution is -2.53. The quantitative estimate of drug-likeness (QED) is 0.728. The highest BCUT2D eigenvalue weighted by Gasteiger charge is 2.45. The smallest absolute Gasteiger partial charge is 0.233 e. The topological polar surface area (TPSA) is 42.0 Å². The molecular formula is C25H32N2O3. The van der Waals surface area contributed by atoms with Gasteiger partial charge in [-0.1, -0.05) is 49.2 Å². The molecule has 5 heteroatoms. The molecule has 1 aliphatic carbocycles. The van der Waals surface area contributed by atoms with Crippen LogP contribution in [0, 0.1) is 0 Å². The molecule has 4 rings (SSSR count). The lowest BCUT2D eigenvalue weighted by Gasteiger charge is -2.40. The zero-order valence-electron chi connectivity index (χ0n) is 18.1. The first-order valence-electron chi connectivity index (χ1n) is 10.9. The van der Waals surface area contributed by atoms with Gasteiger partial charge in [0.25, 0.3) is 0 Å². The zero-order chi connectivity index (χ0) is 21.0. The summed E-state index contributed by atoms with van der Waals surface area (Å²) in [6.45, 7) is 4.37. The number of piperazine rings is 1. The summed E-state index contributed by atoms with van der Waals surface area (Å²) in [7, 11) is 3.29. The third-order valence-corrected chi connectivity index (χ3v) is 6.71. The molecule has 0 bridgehead atoms. The first kappa shape index (κ1) is 20.7. The molecule has 0 unspecified atom stereocenters. The van der Waals surface area contributed by atoms with Gasteiger partial charge in [-0.3, -0.25) is 9.69 Å². The summed E-state index contributed by atoms with van der Waals surface area (Å²) in [5.41, 5.74) is 1.96. The van der Waals surface area contributed by atoms with Crippen LogP contribution in [0.3, 0.4) is 0 Å². The molecule has 0 N–H and O–H groups in total. The van der Waals surface area contributed by atoms with Crippen molar-refractivity contribution in [2.24, 2.45) is 0 Å². The molecule has 0 spiro atoms. The first-order valence-corrected chi connectivity index (χ1v) is 10.9. The highest BCUT2D eigenvalue weighted by molar-refractivity contribution is 5.89. The lowest BCUT2D eigenvalue weighted by molar-refractivity contribution is -0.139. The van der Waals surface area contributed by atoms with Crippen LogP contribution in [0.25, 0.3) is 0 Å². The van der Waals surface area contributed by atoms with Gasteiger partial charge < -0.3 is 14.4 Å². The van der Waals surface area contributed by atoms with Crippen LogP contribution >= 0.6 is 0 Å². The molecule has 5 nitrogen and oxygen atoms in total. The van der Waals surface area contributed by atoms with Gasteiger partial charge in [0.2, 0.25) is 5.91 Å². The van der Waals surface area contributed by atoms with E-state index in [9.17, 15) is 4.79 Å². The van der Waals surface area contributed by atoms with Crippen LogP contribution in [0.15, 0.2) is 48.5 Å². The van der Waals surface area contributed by atoms with Crippen molar-refractivity contribution >= 4 is 5.91 Å². The third-order valence-electron chi connectivity index (χ3n) is 6.71. The highest BCUT2D eigenvalue weighted by Crippen LogP contribution is 2.45. The number of ether oxygens (including phenoxy) is 2. The Morgan fingerprint density at radius 1 is 0.900 bits per heavy atom. The van der Waals surface area contributed by atoms with Crippen LogP contribution in [0.4, 0.5) is 0 Å². The standard InChI is InChI=1S/C25H32N2O3/c1-29-22-11-10-21(18-23(22)30-2)25(12-6-7-13-25)24(28)27-16-14-26(15-17-27)19-20-8-4-3-5-9-20/h3-5,8-11,18H,6-7,12-17,19H2,1-2H3. The Hall–Kier alpha value is -2.53. The highest BCUT2D eigenvalue weighted by atomic mass is 16.5. The van der Waals surface area contributed by atoms with Crippen molar-refractivity contribution in [2.45, 2.75) is 37.6 Å². The molecule has 1 amide bonds. The molecule has 2 aromatic carbocycles. The lowest BCUT2D eigenvalue weighted by atomic mass is 9.77. The summed E-state index contributed by atoms with van der Waals surface area (Å²) >= 11 is 0. The summed E-state index contributed by atoms with van der Waals surface area (Å²) in [6.07, 6.45) is 4.00. The van der Waals surface area contributed by atoms with Crippen molar-refractivity contribution in [3.05, 3.63) is 59.7 Å². The van der Waals surface area contributed by atoms with E-state index in [4.69, 9.17) is 9.47 Å². The molecule has 1 aliphatic heterocycles. The molecule has 0 atom stereocenters. The summed E-state index contributed by atoms with van der Waals surface area (Å²) in [4.78, 5) is 18.3. The largest absolute Gasteiger partial charge is 0.493 e. The van der Waals surface area contributed by atoms with Crippen molar-refractivity contribution in [2.75, 3.05) is 40.4 Å². The van der Waals surface area contributed by atoms with Crippen molar-refractivity contribution in [1.82, 2.24) is 9.80 Å². The number of amides is 1. The molecular weight excluding hydrogens is 376 g/mol. The van der Waals surface area contributed by atoms with Crippen LogP contribution in [0.5, 0.6) is 11.5 Å². The Labute approximate surface area is 179 Å². The van der Waals surface area contributed by atoms with E-state index in [-0.39, 0.29) is 5.91 Å². The summed E-state index contributed by atoms with van der Waals surface area (Å²) in [5.74, 6) is 1.68. The van der Waals surface area contributed by atoms with Crippen LogP contribution < -0.4 is 9.47 Å². The van der Waals surface area contributed by atoms with Gasteiger partial charge in [-0.2, -0.15) is 0 Å². The molecule has 160 valence electrons. The number of carbonyl (C=O) groups excluding carboxylic acids is 1. The molecule has 2 aromatic rings. The van der Waals surface area contributed by atoms with Crippen molar-refractivity contribution < 1.29 is 14.3 Å². The molecule has 30 heavy (non-hydrogen) atoms. The van der Waals surface area contributed by atoms with E-state index in [2.05, 4.69) is 46.2 Å². The first-order chi connectivity index (χ1) is 14.7. The van der Waals surface area contributed by atoms with Gasteiger partial charge in [0.05, 0.1) is 19.6 Å². The van der Waals surface area contributed by atoms with E-state index < -0.39 is 5.41 Å². The van der Waals surface area contributed by atoms with E-state index in [1.54, 1.807) is 14.2 Å². The second-order valence-electron chi connectivity index (χ2n) is 8.41. The Kier molecular flexibility index (Phi) is 6.28. The van der Waals surface area contributed by atoms with Crippen LogP contribution in [0.1, 0.15) is 36.8 Å². The van der Waals surface area contributed by atoms with E-state index in [0.717, 1.165) is 64.0 Å². The van der Waals surface area contributed by atoms with Crippen LogP contribution in [-0.2, 0) is 16.8 Å². The second kappa shape index (κ2) is 9.09. The number of carbonyl (C=O) groups is 1. The van der Waals surface area contributed by atoms with Gasteiger partial charge >= 0.3 is 0 Å². The summed E-state index contributed by atoms with van der Waals surface area (Å²) < 4.78 is 10.9. The average molecular weight is 409 g/mol. The molecule has 0 radical (unpaired) electrons. The van der Waals surface area contributed by atoms with Crippen molar-refractivity contribution in [1.29, 1.82) is 0 Å². The fourth-order valence-corrected chi connectivity index (χ4v) is 4.99. The minimum absolute atomic E-state index is 0.284. The van der Waals surface area contributed by atoms with Gasteiger partial charge in [0.1, 0.15) is 0 Å². The number of hydrogen-bond acceptors (Lipinski definition) is 4. The fraction of sp³-hybridized carbons (Fsp3) is 0.480. The molecule has 1 heterocycles. The monoisotopic (exact) mass is 408 g/mol. The van der Waals surface area contributed by atoms with Crippen LogP contribution in [-0.4, -0.2) is 56.1 Å². The predicted octanol–water partition coefficient (Wildman–Crippen LogP) is 3.86. The molecule has 1 saturated carbocycles. The Morgan fingerprint density at radius 2 is 1.57 bits per heavy atom. The maximum atomic E-state index is 13.8. The summed E-state index contributed by atoms with van der Waals surface area (Å²) in [5, 5.41) is 0. The molecule has 1 saturated heterocycles. The van der Waals surface area contributed by atoms with Gasteiger partial charge in [-0.05, 0) is 36.1 Å². The minimum Gasteiger partial charge on any atom is -0.493 e.